The normalized spacial score (nSPS) is 10.1. The van der Waals surface area contributed by atoms with Gasteiger partial charge < -0.3 is 15.4 Å². The van der Waals surface area contributed by atoms with E-state index in [0.29, 0.717) is 23.9 Å². The number of methoxy groups -OCH3 is 1. The minimum atomic E-state index is -0.173. The molecule has 0 spiro atoms. The molecule has 3 aromatic rings. The molecule has 0 radical (unpaired) electrons. The Morgan fingerprint density at radius 2 is 1.88 bits per heavy atom. The average molecular weight is 335 g/mol. The zero-order chi connectivity index (χ0) is 17.5. The molecular formula is C18H17N5O2. The van der Waals surface area contributed by atoms with E-state index in [1.54, 1.807) is 56.0 Å². The van der Waals surface area contributed by atoms with Crippen LogP contribution in [0.5, 0.6) is 5.88 Å². The molecule has 1 amide bonds. The van der Waals surface area contributed by atoms with Crippen molar-refractivity contribution < 1.29 is 9.53 Å². The number of pyridine rings is 1. The largest absolute Gasteiger partial charge is 0.481 e. The highest BCUT2D eigenvalue weighted by Crippen LogP contribution is 2.15. The number of carbonyl (C=O) groups is 1. The Morgan fingerprint density at radius 3 is 2.68 bits per heavy atom. The van der Waals surface area contributed by atoms with E-state index < -0.39 is 0 Å². The number of nitrogens with one attached hydrogen (secondary N) is 2. The number of ether oxygens (including phenoxy) is 1. The lowest BCUT2D eigenvalue weighted by Gasteiger charge is -2.08. The molecule has 2 N–H and O–H groups in total. The van der Waals surface area contributed by atoms with E-state index in [1.165, 1.54) is 0 Å². The fraction of sp³-hybridized carbons (Fsp3) is 0.111. The lowest BCUT2D eigenvalue weighted by Crippen LogP contribution is -2.22. The SMILES string of the molecule is COc1cc(CNC(=O)c2cccc(Nc3ncccn3)c2)ccn1. The molecule has 0 bridgehead atoms. The Labute approximate surface area is 145 Å². The summed E-state index contributed by atoms with van der Waals surface area (Å²) >= 11 is 0. The first-order valence-corrected chi connectivity index (χ1v) is 7.66. The van der Waals surface area contributed by atoms with E-state index in [0.717, 1.165) is 11.3 Å². The maximum absolute atomic E-state index is 12.4. The third-order valence-electron chi connectivity index (χ3n) is 3.41. The predicted molar refractivity (Wildman–Crippen MR) is 93.7 cm³/mol. The lowest BCUT2D eigenvalue weighted by atomic mass is 10.2. The fourth-order valence-electron chi connectivity index (χ4n) is 2.19. The monoisotopic (exact) mass is 335 g/mol. The molecule has 1 aromatic carbocycles. The van der Waals surface area contributed by atoms with Crippen LogP contribution in [0.1, 0.15) is 15.9 Å². The van der Waals surface area contributed by atoms with Crippen molar-refractivity contribution in [3.63, 3.8) is 0 Å². The summed E-state index contributed by atoms with van der Waals surface area (Å²) in [4.78, 5) is 24.6. The third kappa shape index (κ3) is 4.51. The van der Waals surface area contributed by atoms with Gasteiger partial charge in [-0.1, -0.05) is 6.07 Å². The van der Waals surface area contributed by atoms with E-state index in [1.807, 2.05) is 12.1 Å². The fourth-order valence-corrected chi connectivity index (χ4v) is 2.19. The number of aromatic nitrogens is 3. The molecule has 2 heterocycles. The molecule has 0 saturated carbocycles. The maximum Gasteiger partial charge on any atom is 0.251 e. The number of hydrogen-bond acceptors (Lipinski definition) is 6. The molecule has 0 aliphatic rings. The Morgan fingerprint density at radius 1 is 1.04 bits per heavy atom. The first-order valence-electron chi connectivity index (χ1n) is 7.66. The van der Waals surface area contributed by atoms with Crippen LogP contribution in [0.4, 0.5) is 11.6 Å². The third-order valence-corrected chi connectivity index (χ3v) is 3.41. The van der Waals surface area contributed by atoms with Gasteiger partial charge in [-0.05, 0) is 35.9 Å². The molecule has 0 aliphatic carbocycles. The summed E-state index contributed by atoms with van der Waals surface area (Å²) in [6.07, 6.45) is 4.94. The maximum atomic E-state index is 12.4. The molecule has 0 aliphatic heterocycles. The van der Waals surface area contributed by atoms with Crippen molar-refractivity contribution in [1.82, 2.24) is 20.3 Å². The number of anilines is 2. The van der Waals surface area contributed by atoms with Crippen molar-refractivity contribution in [3.05, 3.63) is 72.2 Å². The van der Waals surface area contributed by atoms with E-state index in [-0.39, 0.29) is 5.91 Å². The van der Waals surface area contributed by atoms with Gasteiger partial charge in [0.2, 0.25) is 11.8 Å². The molecule has 0 fully saturated rings. The van der Waals surface area contributed by atoms with E-state index in [4.69, 9.17) is 4.74 Å². The van der Waals surface area contributed by atoms with Crippen LogP contribution in [0.2, 0.25) is 0 Å². The van der Waals surface area contributed by atoms with Crippen molar-refractivity contribution in [1.29, 1.82) is 0 Å². The summed E-state index contributed by atoms with van der Waals surface area (Å²) in [7, 11) is 1.56. The summed E-state index contributed by atoms with van der Waals surface area (Å²) < 4.78 is 5.07. The number of benzene rings is 1. The van der Waals surface area contributed by atoms with E-state index >= 15 is 0 Å². The summed E-state index contributed by atoms with van der Waals surface area (Å²) in [5, 5.41) is 5.94. The number of hydrogen-bond donors (Lipinski definition) is 2. The molecule has 7 nitrogen and oxygen atoms in total. The van der Waals surface area contributed by atoms with Crippen LogP contribution in [-0.2, 0) is 6.54 Å². The number of carbonyl (C=O) groups excluding carboxylic acids is 1. The van der Waals surface area contributed by atoms with Gasteiger partial charge in [-0.3, -0.25) is 4.79 Å². The van der Waals surface area contributed by atoms with Gasteiger partial charge >= 0.3 is 0 Å². The quantitative estimate of drug-likeness (QED) is 0.720. The molecule has 0 atom stereocenters. The van der Waals surface area contributed by atoms with Gasteiger partial charge in [0.1, 0.15) is 0 Å². The van der Waals surface area contributed by atoms with Gasteiger partial charge in [0.05, 0.1) is 7.11 Å². The smallest absolute Gasteiger partial charge is 0.251 e. The van der Waals surface area contributed by atoms with Crippen LogP contribution in [0.25, 0.3) is 0 Å². The van der Waals surface area contributed by atoms with Crippen molar-refractivity contribution >= 4 is 17.5 Å². The Hall–Kier alpha value is -3.48. The first kappa shape index (κ1) is 16.4. The van der Waals surface area contributed by atoms with Crippen LogP contribution in [-0.4, -0.2) is 28.0 Å². The molecule has 7 heteroatoms. The summed E-state index contributed by atoms with van der Waals surface area (Å²) in [6.45, 7) is 0.386. The highest BCUT2D eigenvalue weighted by Gasteiger charge is 2.07. The van der Waals surface area contributed by atoms with Crippen molar-refractivity contribution in [3.8, 4) is 5.88 Å². The Balaban J connectivity index is 1.64. The van der Waals surface area contributed by atoms with Gasteiger partial charge in [0.25, 0.3) is 5.91 Å². The van der Waals surface area contributed by atoms with Crippen LogP contribution in [0.15, 0.2) is 61.1 Å². The summed E-state index contributed by atoms with van der Waals surface area (Å²) in [5.74, 6) is 0.818. The number of amides is 1. The zero-order valence-electron chi connectivity index (χ0n) is 13.6. The van der Waals surface area contributed by atoms with Crippen LogP contribution < -0.4 is 15.4 Å². The summed E-state index contributed by atoms with van der Waals surface area (Å²) in [6, 6.07) is 12.5. The highest BCUT2D eigenvalue weighted by atomic mass is 16.5. The molecular weight excluding hydrogens is 318 g/mol. The van der Waals surface area contributed by atoms with Gasteiger partial charge in [-0.2, -0.15) is 0 Å². The molecule has 3 rings (SSSR count). The summed E-state index contributed by atoms with van der Waals surface area (Å²) in [5.41, 5.74) is 2.19. The van der Waals surface area contributed by atoms with Crippen LogP contribution in [0, 0.1) is 0 Å². The molecule has 126 valence electrons. The van der Waals surface area contributed by atoms with Gasteiger partial charge in [0.15, 0.2) is 0 Å². The van der Waals surface area contributed by atoms with Crippen molar-refractivity contribution in [2.45, 2.75) is 6.54 Å². The highest BCUT2D eigenvalue weighted by molar-refractivity contribution is 5.95. The van der Waals surface area contributed by atoms with E-state index in [9.17, 15) is 4.79 Å². The van der Waals surface area contributed by atoms with E-state index in [2.05, 4.69) is 25.6 Å². The number of rotatable bonds is 6. The molecule has 0 unspecified atom stereocenters. The first-order chi connectivity index (χ1) is 12.2. The van der Waals surface area contributed by atoms with Gasteiger partial charge in [-0.25, -0.2) is 15.0 Å². The lowest BCUT2D eigenvalue weighted by molar-refractivity contribution is 0.0951. The Bertz CT molecular complexity index is 855. The van der Waals surface area contributed by atoms with Crippen LogP contribution >= 0.6 is 0 Å². The molecule has 25 heavy (non-hydrogen) atoms. The molecule has 2 aromatic heterocycles. The second-order valence-corrected chi connectivity index (χ2v) is 5.17. The molecule has 0 saturated heterocycles. The predicted octanol–water partition coefficient (Wildman–Crippen LogP) is 2.55. The van der Waals surface area contributed by atoms with Crippen molar-refractivity contribution in [2.75, 3.05) is 12.4 Å². The minimum Gasteiger partial charge on any atom is -0.481 e. The topological polar surface area (TPSA) is 89.0 Å². The van der Waals surface area contributed by atoms with Crippen LogP contribution in [0.3, 0.4) is 0 Å². The van der Waals surface area contributed by atoms with Gasteiger partial charge in [-0.15, -0.1) is 0 Å². The average Bonchev–Trinajstić information content (AvgIpc) is 2.67. The zero-order valence-corrected chi connectivity index (χ0v) is 13.6. The standard InChI is InChI=1S/C18H17N5O2/c1-25-16-10-13(6-9-19-16)12-22-17(24)14-4-2-5-15(11-14)23-18-20-7-3-8-21-18/h2-11H,12H2,1H3,(H,22,24)(H,20,21,23). The van der Waals surface area contributed by atoms with Gasteiger partial charge in [0, 0.05) is 42.5 Å². The van der Waals surface area contributed by atoms with Crippen molar-refractivity contribution in [2.24, 2.45) is 0 Å². The second-order valence-electron chi connectivity index (χ2n) is 5.17. The second kappa shape index (κ2) is 7.87. The number of nitrogens with zero attached hydrogens (tertiary/aromatic N) is 3. The minimum absolute atomic E-state index is 0.173. The Kier molecular flexibility index (Phi) is 5.16.